The maximum Gasteiger partial charge on any atom is 0.164 e. The first kappa shape index (κ1) is 36.1. The number of pyridine rings is 1. The summed E-state index contributed by atoms with van der Waals surface area (Å²) in [6.07, 6.45) is 0. The molecule has 0 fully saturated rings. The van der Waals surface area contributed by atoms with Gasteiger partial charge in [0.2, 0.25) is 0 Å². The molecule has 0 saturated heterocycles. The van der Waals surface area contributed by atoms with E-state index >= 15 is 0 Å². The number of rotatable bonds is 5. The average Bonchev–Trinajstić information content (AvgIpc) is 3.66. The highest BCUT2D eigenvalue weighted by molar-refractivity contribution is 6.14. The molecule has 2 aromatic heterocycles. The van der Waals surface area contributed by atoms with Crippen LogP contribution in [0.2, 0.25) is 0 Å². The van der Waals surface area contributed by atoms with E-state index in [1.807, 2.05) is 60.7 Å². The summed E-state index contributed by atoms with van der Waals surface area (Å²) in [5.74, 6) is 1.87. The number of anilines is 3. The molecule has 0 amide bonds. The lowest BCUT2D eigenvalue weighted by Crippen LogP contribution is -2.36. The zero-order chi connectivity index (χ0) is 42.2. The first-order valence-electron chi connectivity index (χ1n) is 21.7. The minimum atomic E-state index is -0.575. The smallest absolute Gasteiger partial charge is 0.164 e. The zero-order valence-corrected chi connectivity index (χ0v) is 34.6. The normalized spacial score (nSPS) is 13.1. The lowest BCUT2D eigenvalue weighted by molar-refractivity contribution is 0.753. The predicted octanol–water partition coefficient (Wildman–Crippen LogP) is 14.4. The van der Waals surface area contributed by atoms with Crippen molar-refractivity contribution < 1.29 is 0 Å². The van der Waals surface area contributed by atoms with Crippen LogP contribution in [0.15, 0.2) is 224 Å². The summed E-state index contributed by atoms with van der Waals surface area (Å²) in [5.41, 5.74) is 16.0. The fourth-order valence-corrected chi connectivity index (χ4v) is 10.4. The van der Waals surface area contributed by atoms with E-state index in [1.165, 1.54) is 44.8 Å². The molecular weight excluding hydrogens is 779 g/mol. The van der Waals surface area contributed by atoms with E-state index in [2.05, 4.69) is 169 Å². The quantitative estimate of drug-likeness (QED) is 0.162. The lowest BCUT2D eigenvalue weighted by Gasteiger charge is -2.45. The van der Waals surface area contributed by atoms with Crippen LogP contribution in [0.25, 0.3) is 78.2 Å². The second kappa shape index (κ2) is 14.3. The Bertz CT molecular complexity index is 3520. The summed E-state index contributed by atoms with van der Waals surface area (Å²) in [4.78, 5) is 23.0. The lowest BCUT2D eigenvalue weighted by atomic mass is 9.64. The van der Waals surface area contributed by atoms with Crippen LogP contribution in [-0.2, 0) is 5.41 Å². The number of benzene rings is 9. The molecule has 64 heavy (non-hydrogen) atoms. The van der Waals surface area contributed by atoms with Crippen molar-refractivity contribution in [3.05, 3.63) is 247 Å². The molecule has 13 rings (SSSR count). The van der Waals surface area contributed by atoms with Gasteiger partial charge in [0.15, 0.2) is 17.5 Å². The Morgan fingerprint density at radius 3 is 1.50 bits per heavy atom. The highest BCUT2D eigenvalue weighted by atomic mass is 15.2. The van der Waals surface area contributed by atoms with Crippen molar-refractivity contribution in [1.29, 1.82) is 0 Å². The highest BCUT2D eigenvalue weighted by Crippen LogP contribution is 2.64. The van der Waals surface area contributed by atoms with E-state index in [4.69, 9.17) is 19.9 Å². The molecule has 1 spiro atoms. The van der Waals surface area contributed by atoms with Crippen molar-refractivity contribution in [2.45, 2.75) is 5.41 Å². The van der Waals surface area contributed by atoms with Gasteiger partial charge in [0.25, 0.3) is 0 Å². The Morgan fingerprint density at radius 1 is 0.312 bits per heavy atom. The molecule has 298 valence electrons. The van der Waals surface area contributed by atoms with Crippen LogP contribution in [0.3, 0.4) is 0 Å². The van der Waals surface area contributed by atoms with Crippen LogP contribution in [0.5, 0.6) is 0 Å². The Morgan fingerprint density at radius 2 is 0.828 bits per heavy atom. The molecule has 9 aromatic carbocycles. The fraction of sp³-hybridized carbons (Fsp3) is 0.0169. The minimum absolute atomic E-state index is 0.575. The Balaban J connectivity index is 1.06. The molecule has 1 aliphatic carbocycles. The van der Waals surface area contributed by atoms with E-state index in [-0.39, 0.29) is 0 Å². The second-order valence-corrected chi connectivity index (χ2v) is 16.5. The van der Waals surface area contributed by atoms with Crippen molar-refractivity contribution in [1.82, 2.24) is 19.9 Å². The van der Waals surface area contributed by atoms with Crippen LogP contribution in [-0.4, -0.2) is 19.9 Å². The Hall–Kier alpha value is -8.54. The topological polar surface area (TPSA) is 54.8 Å². The molecule has 11 aromatic rings. The van der Waals surface area contributed by atoms with Gasteiger partial charge < -0.3 is 4.90 Å². The van der Waals surface area contributed by atoms with Gasteiger partial charge in [0.05, 0.1) is 28.0 Å². The van der Waals surface area contributed by atoms with E-state index in [1.54, 1.807) is 0 Å². The van der Waals surface area contributed by atoms with Gasteiger partial charge in [0, 0.05) is 38.7 Å². The Kier molecular flexibility index (Phi) is 8.06. The largest absolute Gasteiger partial charge is 0.310 e. The van der Waals surface area contributed by atoms with E-state index in [0.29, 0.717) is 17.5 Å². The molecule has 5 heteroatoms. The van der Waals surface area contributed by atoms with Gasteiger partial charge in [-0.15, -0.1) is 0 Å². The third-order valence-electron chi connectivity index (χ3n) is 13.1. The standard InChI is InChI=1S/C59H37N5/c1-4-19-38(20-5-1)56-61-57(39-21-6-2-7-22-39)63-58(62-56)41-24-18-23-40(35-41)55-47-36-46-43-27-10-12-29-48(43)59(51(46)37-45(47)44-28-11-15-32-52(44)60-55)49-30-13-16-33-53(49)64(42-25-8-3-9-26-42)54-34-17-14-31-50(54)59/h1-37H. The van der Waals surface area contributed by atoms with Crippen LogP contribution < -0.4 is 4.90 Å². The summed E-state index contributed by atoms with van der Waals surface area (Å²) in [5, 5.41) is 3.37. The van der Waals surface area contributed by atoms with Crippen LogP contribution >= 0.6 is 0 Å². The van der Waals surface area contributed by atoms with Gasteiger partial charge in [-0.25, -0.2) is 19.9 Å². The monoisotopic (exact) mass is 815 g/mol. The van der Waals surface area contributed by atoms with Crippen molar-refractivity contribution in [2.75, 3.05) is 4.90 Å². The van der Waals surface area contributed by atoms with Crippen LogP contribution in [0, 0.1) is 0 Å². The van der Waals surface area contributed by atoms with Gasteiger partial charge in [0.1, 0.15) is 0 Å². The number of hydrogen-bond donors (Lipinski definition) is 0. The third-order valence-corrected chi connectivity index (χ3v) is 13.1. The summed E-state index contributed by atoms with van der Waals surface area (Å²) in [6, 6.07) is 79.9. The van der Waals surface area contributed by atoms with E-state index < -0.39 is 5.41 Å². The number of fused-ring (bicyclic) bond motifs is 12. The maximum atomic E-state index is 5.48. The first-order chi connectivity index (χ1) is 31.7. The van der Waals surface area contributed by atoms with Crippen molar-refractivity contribution in [3.63, 3.8) is 0 Å². The van der Waals surface area contributed by atoms with Crippen molar-refractivity contribution >= 4 is 38.7 Å². The Labute approximate surface area is 370 Å². The molecule has 0 radical (unpaired) electrons. The first-order valence-corrected chi connectivity index (χ1v) is 21.7. The average molecular weight is 816 g/mol. The van der Waals surface area contributed by atoms with Gasteiger partial charge in [-0.1, -0.05) is 176 Å². The number of para-hydroxylation sites is 4. The van der Waals surface area contributed by atoms with Crippen LogP contribution in [0.4, 0.5) is 17.1 Å². The molecule has 2 aliphatic rings. The summed E-state index contributed by atoms with van der Waals surface area (Å²) in [7, 11) is 0. The van der Waals surface area contributed by atoms with Gasteiger partial charge in [-0.3, -0.25) is 0 Å². The molecule has 0 atom stereocenters. The van der Waals surface area contributed by atoms with Gasteiger partial charge in [-0.2, -0.15) is 0 Å². The molecular formula is C59H37N5. The van der Waals surface area contributed by atoms with Crippen molar-refractivity contribution in [2.24, 2.45) is 0 Å². The van der Waals surface area contributed by atoms with Crippen molar-refractivity contribution in [3.8, 4) is 56.5 Å². The summed E-state index contributed by atoms with van der Waals surface area (Å²) >= 11 is 0. The molecule has 0 N–H and O–H groups in total. The van der Waals surface area contributed by atoms with Gasteiger partial charge in [-0.05, 0) is 87.3 Å². The highest BCUT2D eigenvalue weighted by Gasteiger charge is 2.51. The maximum absolute atomic E-state index is 5.48. The molecule has 0 unspecified atom stereocenters. The summed E-state index contributed by atoms with van der Waals surface area (Å²) < 4.78 is 0. The molecule has 0 bridgehead atoms. The van der Waals surface area contributed by atoms with Crippen LogP contribution in [0.1, 0.15) is 22.3 Å². The minimum Gasteiger partial charge on any atom is -0.310 e. The SMILES string of the molecule is c1ccc(-c2nc(-c3ccccc3)nc(-c3cccc(-c4nc5ccccc5c5cc6c(cc45)-c4ccccc4C64c5ccccc5N(c5ccccc5)c5ccccc54)c3)n2)cc1. The van der Waals surface area contributed by atoms with Gasteiger partial charge >= 0.3 is 0 Å². The van der Waals surface area contributed by atoms with E-state index in [0.717, 1.165) is 55.3 Å². The fourth-order valence-electron chi connectivity index (χ4n) is 10.4. The number of hydrogen-bond acceptors (Lipinski definition) is 5. The molecule has 3 heterocycles. The zero-order valence-electron chi connectivity index (χ0n) is 34.6. The summed E-state index contributed by atoms with van der Waals surface area (Å²) in [6.45, 7) is 0. The molecule has 1 aliphatic heterocycles. The number of nitrogens with zero attached hydrogens (tertiary/aromatic N) is 5. The molecule has 5 nitrogen and oxygen atoms in total. The third kappa shape index (κ3) is 5.37. The van der Waals surface area contributed by atoms with E-state index in [9.17, 15) is 0 Å². The number of aromatic nitrogens is 4. The molecule has 0 saturated carbocycles. The second-order valence-electron chi connectivity index (χ2n) is 16.5. The predicted molar refractivity (Wildman–Crippen MR) is 260 cm³/mol.